The summed E-state index contributed by atoms with van der Waals surface area (Å²) >= 11 is 11.5. The summed E-state index contributed by atoms with van der Waals surface area (Å²) in [4.78, 5) is 11.1. The van der Waals surface area contributed by atoms with Gasteiger partial charge in [-0.05, 0) is 6.07 Å². The smallest absolute Gasteiger partial charge is 0.340 e. The van der Waals surface area contributed by atoms with Gasteiger partial charge in [0.25, 0.3) is 4.52 Å². The van der Waals surface area contributed by atoms with Crippen LogP contribution < -0.4 is 4.74 Å². The van der Waals surface area contributed by atoms with Crippen LogP contribution in [-0.2, 0) is 10.4 Å². The van der Waals surface area contributed by atoms with Gasteiger partial charge in [0.15, 0.2) is 5.60 Å². The summed E-state index contributed by atoms with van der Waals surface area (Å²) in [6.07, 6.45) is -0.435. The van der Waals surface area contributed by atoms with E-state index in [2.05, 4.69) is 0 Å². The molecule has 1 heterocycles. The Labute approximate surface area is 101 Å². The molecule has 2 rings (SSSR count). The second-order valence-electron chi connectivity index (χ2n) is 3.58. The largest absolute Gasteiger partial charge is 0.479 e. The Balaban J connectivity index is 2.60. The van der Waals surface area contributed by atoms with Crippen LogP contribution >= 0.6 is 23.2 Å². The number of fused-ring (bicyclic) bond motifs is 1. The van der Waals surface area contributed by atoms with E-state index in [9.17, 15) is 9.90 Å². The molecule has 1 unspecified atom stereocenters. The molecule has 6 heteroatoms. The van der Waals surface area contributed by atoms with E-state index in [1.54, 1.807) is 12.1 Å². The lowest BCUT2D eigenvalue weighted by Crippen LogP contribution is -2.46. The van der Waals surface area contributed by atoms with Gasteiger partial charge in [-0.3, -0.25) is 0 Å². The molecule has 1 aromatic carbocycles. The van der Waals surface area contributed by atoms with Crippen molar-refractivity contribution < 1.29 is 19.7 Å². The Morgan fingerprint density at radius 1 is 1.38 bits per heavy atom. The molecular weight excluding hydrogens is 255 g/mol. The zero-order valence-electron chi connectivity index (χ0n) is 7.98. The highest BCUT2D eigenvalue weighted by atomic mass is 35.5. The molecule has 4 nitrogen and oxygen atoms in total. The van der Waals surface area contributed by atoms with Crippen LogP contribution in [0.2, 0.25) is 0 Å². The number of benzene rings is 1. The molecule has 1 aliphatic rings. The maximum Gasteiger partial charge on any atom is 0.340 e. The Morgan fingerprint density at radius 3 is 2.62 bits per heavy atom. The van der Waals surface area contributed by atoms with Crippen molar-refractivity contribution >= 4 is 29.2 Å². The molecule has 0 amide bonds. The van der Waals surface area contributed by atoms with Crippen LogP contribution in [0.15, 0.2) is 24.3 Å². The lowest BCUT2D eigenvalue weighted by molar-refractivity contribution is -0.164. The lowest BCUT2D eigenvalue weighted by atomic mass is 9.88. The van der Waals surface area contributed by atoms with Crippen LogP contribution in [0, 0.1) is 0 Å². The second-order valence-corrected chi connectivity index (χ2v) is 4.99. The molecule has 0 aliphatic carbocycles. The third-order valence-electron chi connectivity index (χ3n) is 2.41. The van der Waals surface area contributed by atoms with E-state index < -0.39 is 22.5 Å². The van der Waals surface area contributed by atoms with Gasteiger partial charge in [0.1, 0.15) is 5.75 Å². The van der Waals surface area contributed by atoms with Crippen molar-refractivity contribution in [3.8, 4) is 5.75 Å². The van der Waals surface area contributed by atoms with E-state index >= 15 is 0 Å². The number of para-hydroxylation sites is 1. The number of aliphatic hydroxyl groups is 1. The molecule has 1 aromatic rings. The molecular formula is C10H8Cl2O4. The molecule has 86 valence electrons. The maximum atomic E-state index is 11.1. The van der Waals surface area contributed by atoms with Crippen LogP contribution in [0.3, 0.4) is 0 Å². The first kappa shape index (κ1) is 11.5. The standard InChI is InChI=1S/C10H8Cl2O4/c11-10(12)5-9(15,8(13)14)6-3-1-2-4-7(6)16-10/h1-4,15H,5H2,(H,13,14). The summed E-state index contributed by atoms with van der Waals surface area (Å²) in [7, 11) is 0. The summed E-state index contributed by atoms with van der Waals surface area (Å²) in [5.74, 6) is -1.24. The summed E-state index contributed by atoms with van der Waals surface area (Å²) in [6.45, 7) is 0. The van der Waals surface area contributed by atoms with Gasteiger partial charge in [0.2, 0.25) is 0 Å². The molecule has 2 N–H and O–H groups in total. The SMILES string of the molecule is O=C(O)C1(O)CC(Cl)(Cl)Oc2ccccc21. The van der Waals surface area contributed by atoms with Gasteiger partial charge >= 0.3 is 5.97 Å². The summed E-state index contributed by atoms with van der Waals surface area (Å²) < 4.78 is 3.42. The van der Waals surface area contributed by atoms with Crippen molar-refractivity contribution in [3.63, 3.8) is 0 Å². The number of aliphatic carboxylic acids is 1. The van der Waals surface area contributed by atoms with Gasteiger partial charge in [-0.25, -0.2) is 4.79 Å². The fraction of sp³-hybridized carbons (Fsp3) is 0.300. The fourth-order valence-corrected chi connectivity index (χ4v) is 2.23. The van der Waals surface area contributed by atoms with Gasteiger partial charge in [0, 0.05) is 5.56 Å². The minimum absolute atomic E-state index is 0.152. The summed E-state index contributed by atoms with van der Waals surface area (Å²) in [6, 6.07) is 6.20. The molecule has 16 heavy (non-hydrogen) atoms. The number of hydrogen-bond donors (Lipinski definition) is 2. The predicted molar refractivity (Wildman–Crippen MR) is 57.7 cm³/mol. The molecule has 1 atom stereocenters. The van der Waals surface area contributed by atoms with Crippen LogP contribution in [-0.4, -0.2) is 20.7 Å². The quantitative estimate of drug-likeness (QED) is 0.759. The van der Waals surface area contributed by atoms with E-state index in [4.69, 9.17) is 33.0 Å². The van der Waals surface area contributed by atoms with E-state index in [0.29, 0.717) is 0 Å². The molecule has 0 bridgehead atoms. The topological polar surface area (TPSA) is 66.8 Å². The Kier molecular flexibility index (Phi) is 2.53. The van der Waals surface area contributed by atoms with Crippen molar-refractivity contribution in [2.45, 2.75) is 16.5 Å². The van der Waals surface area contributed by atoms with Crippen molar-refractivity contribution in [1.82, 2.24) is 0 Å². The van der Waals surface area contributed by atoms with E-state index in [0.717, 1.165) is 0 Å². The van der Waals surface area contributed by atoms with Crippen LogP contribution in [0.5, 0.6) is 5.75 Å². The van der Waals surface area contributed by atoms with Gasteiger partial charge < -0.3 is 14.9 Å². The minimum atomic E-state index is -2.13. The Bertz CT molecular complexity index is 446. The van der Waals surface area contributed by atoms with E-state index in [1.165, 1.54) is 12.1 Å². The fourth-order valence-electron chi connectivity index (χ4n) is 1.68. The number of alkyl halides is 2. The highest BCUT2D eigenvalue weighted by molar-refractivity contribution is 6.47. The molecule has 0 radical (unpaired) electrons. The molecule has 1 aliphatic heterocycles. The number of halogens is 2. The van der Waals surface area contributed by atoms with Gasteiger partial charge in [-0.2, -0.15) is 0 Å². The molecule has 0 aromatic heterocycles. The molecule has 0 saturated heterocycles. The number of rotatable bonds is 1. The first-order chi connectivity index (χ1) is 7.35. The minimum Gasteiger partial charge on any atom is -0.479 e. The zero-order chi connectivity index (χ0) is 12.0. The monoisotopic (exact) mass is 262 g/mol. The highest BCUT2D eigenvalue weighted by Crippen LogP contribution is 2.47. The van der Waals surface area contributed by atoms with Gasteiger partial charge in [-0.15, -0.1) is 0 Å². The number of carboxylic acid groups (broad SMARTS) is 1. The zero-order valence-corrected chi connectivity index (χ0v) is 9.50. The first-order valence-electron chi connectivity index (χ1n) is 4.47. The Morgan fingerprint density at radius 2 is 2.00 bits per heavy atom. The normalized spacial score (nSPS) is 26.7. The van der Waals surface area contributed by atoms with Crippen molar-refractivity contribution in [1.29, 1.82) is 0 Å². The first-order valence-corrected chi connectivity index (χ1v) is 5.23. The number of hydrogen-bond acceptors (Lipinski definition) is 3. The summed E-state index contributed by atoms with van der Waals surface area (Å²) in [5.41, 5.74) is -1.97. The number of carbonyl (C=O) groups is 1. The molecule has 0 spiro atoms. The second kappa shape index (κ2) is 3.52. The third kappa shape index (κ3) is 1.73. The molecule has 0 saturated carbocycles. The van der Waals surface area contributed by atoms with Crippen LogP contribution in [0.25, 0.3) is 0 Å². The third-order valence-corrected chi connectivity index (χ3v) is 2.83. The van der Waals surface area contributed by atoms with Gasteiger partial charge in [0.05, 0.1) is 6.42 Å². The maximum absolute atomic E-state index is 11.1. The van der Waals surface area contributed by atoms with E-state index in [-0.39, 0.29) is 11.3 Å². The van der Waals surface area contributed by atoms with Crippen molar-refractivity contribution in [2.75, 3.05) is 0 Å². The van der Waals surface area contributed by atoms with Crippen molar-refractivity contribution in [3.05, 3.63) is 29.8 Å². The molecule has 0 fully saturated rings. The van der Waals surface area contributed by atoms with Crippen LogP contribution in [0.4, 0.5) is 0 Å². The van der Waals surface area contributed by atoms with Crippen LogP contribution in [0.1, 0.15) is 12.0 Å². The lowest BCUT2D eigenvalue weighted by Gasteiger charge is -2.37. The average Bonchev–Trinajstić information content (AvgIpc) is 2.15. The summed E-state index contributed by atoms with van der Waals surface area (Å²) in [5, 5.41) is 19.1. The average molecular weight is 263 g/mol. The number of carboxylic acids is 1. The Hall–Kier alpha value is -0.970. The number of ether oxygens (including phenoxy) is 1. The predicted octanol–water partition coefficient (Wildman–Crippen LogP) is 1.87. The van der Waals surface area contributed by atoms with Gasteiger partial charge in [-0.1, -0.05) is 41.4 Å². The highest BCUT2D eigenvalue weighted by Gasteiger charge is 2.52. The van der Waals surface area contributed by atoms with E-state index in [1.807, 2.05) is 0 Å². The van der Waals surface area contributed by atoms with Crippen molar-refractivity contribution in [2.24, 2.45) is 0 Å².